The predicted octanol–water partition coefficient (Wildman–Crippen LogP) is 4.55. The van der Waals surface area contributed by atoms with Gasteiger partial charge in [0.1, 0.15) is 5.75 Å². The summed E-state index contributed by atoms with van der Waals surface area (Å²) in [5, 5.41) is 3.80. The van der Waals surface area contributed by atoms with Crippen LogP contribution in [-0.2, 0) is 13.0 Å². The fraction of sp³-hybridized carbons (Fsp3) is 0.478. The first kappa shape index (κ1) is 20.5. The highest BCUT2D eigenvalue weighted by Gasteiger charge is 2.27. The molecule has 142 valence electrons. The molecule has 2 rings (SSSR count). The second-order valence-corrected chi connectivity index (χ2v) is 7.60. The molecule has 0 aliphatic rings. The Morgan fingerprint density at radius 1 is 0.962 bits per heavy atom. The predicted molar refractivity (Wildman–Crippen MR) is 110 cm³/mol. The van der Waals surface area contributed by atoms with Crippen molar-refractivity contribution in [1.82, 2.24) is 5.32 Å². The van der Waals surface area contributed by atoms with Crippen molar-refractivity contribution in [3.8, 4) is 5.75 Å². The summed E-state index contributed by atoms with van der Waals surface area (Å²) in [4.78, 5) is 0. The van der Waals surface area contributed by atoms with Gasteiger partial charge in [-0.2, -0.15) is 0 Å². The Labute approximate surface area is 159 Å². The van der Waals surface area contributed by atoms with Crippen molar-refractivity contribution in [1.29, 1.82) is 0 Å². The van der Waals surface area contributed by atoms with Crippen LogP contribution in [0.25, 0.3) is 0 Å². The Bertz CT molecular complexity index is 624. The zero-order valence-corrected chi connectivity index (χ0v) is 16.5. The van der Waals surface area contributed by atoms with Crippen LogP contribution in [0.4, 0.5) is 0 Å². The van der Waals surface area contributed by atoms with Gasteiger partial charge in [0.15, 0.2) is 0 Å². The Morgan fingerprint density at radius 2 is 1.65 bits per heavy atom. The fourth-order valence-corrected chi connectivity index (χ4v) is 3.20. The zero-order valence-electron chi connectivity index (χ0n) is 16.5. The molecule has 3 heteroatoms. The van der Waals surface area contributed by atoms with Crippen LogP contribution in [0.2, 0.25) is 0 Å². The quantitative estimate of drug-likeness (QED) is 0.622. The van der Waals surface area contributed by atoms with Crippen molar-refractivity contribution in [3.05, 3.63) is 65.7 Å². The van der Waals surface area contributed by atoms with Gasteiger partial charge >= 0.3 is 0 Å². The summed E-state index contributed by atoms with van der Waals surface area (Å²) in [5.74, 6) is 1.58. The minimum atomic E-state index is -0.0277. The smallest absolute Gasteiger partial charge is 0.118 e. The lowest BCUT2D eigenvalue weighted by atomic mass is 9.84. The van der Waals surface area contributed by atoms with E-state index in [9.17, 15) is 0 Å². The summed E-state index contributed by atoms with van der Waals surface area (Å²) in [6.07, 6.45) is 4.34. The molecule has 26 heavy (non-hydrogen) atoms. The number of nitrogens with two attached hydrogens (primary N) is 1. The van der Waals surface area contributed by atoms with Crippen molar-refractivity contribution in [2.24, 2.45) is 11.7 Å². The van der Waals surface area contributed by atoms with E-state index in [-0.39, 0.29) is 5.54 Å². The van der Waals surface area contributed by atoms with Crippen LogP contribution in [0.5, 0.6) is 5.75 Å². The van der Waals surface area contributed by atoms with Gasteiger partial charge in [0.25, 0.3) is 0 Å². The lowest BCUT2D eigenvalue weighted by molar-refractivity contribution is 0.266. The zero-order chi connectivity index (χ0) is 18.8. The molecule has 0 aliphatic carbocycles. The summed E-state index contributed by atoms with van der Waals surface area (Å²) in [6, 6.07) is 18.9. The highest BCUT2D eigenvalue weighted by molar-refractivity contribution is 5.27. The van der Waals surface area contributed by atoms with Crippen molar-refractivity contribution < 1.29 is 4.74 Å². The summed E-state index contributed by atoms with van der Waals surface area (Å²) in [6.45, 7) is 6.07. The molecule has 0 radical (unpaired) electrons. The molecule has 2 aromatic rings. The largest absolute Gasteiger partial charge is 0.497 e. The Kier molecular flexibility index (Phi) is 8.14. The summed E-state index contributed by atoms with van der Waals surface area (Å²) >= 11 is 0. The third kappa shape index (κ3) is 6.47. The monoisotopic (exact) mass is 354 g/mol. The summed E-state index contributed by atoms with van der Waals surface area (Å²) < 4.78 is 5.26. The molecule has 0 fully saturated rings. The van der Waals surface area contributed by atoms with Crippen LogP contribution in [0.15, 0.2) is 54.6 Å². The van der Waals surface area contributed by atoms with E-state index in [1.165, 1.54) is 17.5 Å². The normalized spacial score (nSPS) is 13.6. The number of ether oxygens (including phenoxy) is 1. The van der Waals surface area contributed by atoms with Gasteiger partial charge in [-0.25, -0.2) is 0 Å². The number of hydrogen-bond donors (Lipinski definition) is 2. The van der Waals surface area contributed by atoms with Crippen LogP contribution < -0.4 is 15.8 Å². The molecule has 1 atom stereocenters. The van der Waals surface area contributed by atoms with Gasteiger partial charge < -0.3 is 15.8 Å². The van der Waals surface area contributed by atoms with Gasteiger partial charge in [0.05, 0.1) is 7.11 Å². The van der Waals surface area contributed by atoms with Crippen LogP contribution in [-0.4, -0.2) is 19.2 Å². The number of aryl methyl sites for hydroxylation is 1. The Morgan fingerprint density at radius 3 is 2.23 bits per heavy atom. The average molecular weight is 355 g/mol. The first-order valence-electron chi connectivity index (χ1n) is 9.69. The van der Waals surface area contributed by atoms with Gasteiger partial charge in [-0.05, 0) is 54.9 Å². The molecule has 0 saturated heterocycles. The first-order chi connectivity index (χ1) is 12.6. The maximum Gasteiger partial charge on any atom is 0.118 e. The first-order valence-corrected chi connectivity index (χ1v) is 9.69. The second kappa shape index (κ2) is 10.3. The molecule has 0 aromatic heterocycles. The van der Waals surface area contributed by atoms with E-state index in [2.05, 4.69) is 61.6 Å². The highest BCUT2D eigenvalue weighted by Crippen LogP contribution is 2.24. The molecule has 3 N–H and O–H groups in total. The van der Waals surface area contributed by atoms with Gasteiger partial charge in [-0.15, -0.1) is 0 Å². The van der Waals surface area contributed by atoms with E-state index in [1.54, 1.807) is 7.11 Å². The van der Waals surface area contributed by atoms with E-state index in [4.69, 9.17) is 10.5 Å². The minimum Gasteiger partial charge on any atom is -0.497 e. The third-order valence-corrected chi connectivity index (χ3v) is 5.15. The Hall–Kier alpha value is -1.84. The van der Waals surface area contributed by atoms with E-state index < -0.39 is 0 Å². The standard InChI is InChI=1S/C23H34N2O/c1-19(2)13-15-23(18-24,25-17-21-7-5-4-6-8-21)16-14-20-9-11-22(26-3)12-10-20/h4-12,19,25H,13-18,24H2,1-3H3. The lowest BCUT2D eigenvalue weighted by Crippen LogP contribution is -2.51. The van der Waals surface area contributed by atoms with Crippen LogP contribution in [0.1, 0.15) is 44.2 Å². The second-order valence-electron chi connectivity index (χ2n) is 7.60. The molecular formula is C23H34N2O. The van der Waals surface area contributed by atoms with E-state index in [0.29, 0.717) is 12.5 Å². The number of benzene rings is 2. The SMILES string of the molecule is COc1ccc(CCC(CN)(CCC(C)C)NCc2ccccc2)cc1. The molecule has 0 bridgehead atoms. The molecular weight excluding hydrogens is 320 g/mol. The molecule has 0 saturated carbocycles. The highest BCUT2D eigenvalue weighted by atomic mass is 16.5. The van der Waals surface area contributed by atoms with Crippen molar-refractivity contribution >= 4 is 0 Å². The molecule has 2 aromatic carbocycles. The van der Waals surface area contributed by atoms with Gasteiger partial charge in [0, 0.05) is 18.6 Å². The van der Waals surface area contributed by atoms with Crippen LogP contribution in [0, 0.1) is 5.92 Å². The molecule has 1 unspecified atom stereocenters. The third-order valence-electron chi connectivity index (χ3n) is 5.15. The summed E-state index contributed by atoms with van der Waals surface area (Å²) in [7, 11) is 1.70. The number of methoxy groups -OCH3 is 1. The van der Waals surface area contributed by atoms with E-state index in [1.807, 2.05) is 12.1 Å². The summed E-state index contributed by atoms with van der Waals surface area (Å²) in [5.41, 5.74) is 8.89. The van der Waals surface area contributed by atoms with Crippen molar-refractivity contribution in [2.45, 2.75) is 51.6 Å². The molecule has 0 heterocycles. The molecule has 0 amide bonds. The van der Waals surface area contributed by atoms with Crippen LogP contribution in [0.3, 0.4) is 0 Å². The maximum atomic E-state index is 6.29. The van der Waals surface area contributed by atoms with E-state index >= 15 is 0 Å². The number of nitrogens with one attached hydrogen (secondary N) is 1. The minimum absolute atomic E-state index is 0.0277. The number of rotatable bonds is 11. The topological polar surface area (TPSA) is 47.3 Å². The van der Waals surface area contributed by atoms with Crippen LogP contribution >= 0.6 is 0 Å². The maximum absolute atomic E-state index is 6.29. The van der Waals surface area contributed by atoms with Gasteiger partial charge in [-0.3, -0.25) is 0 Å². The van der Waals surface area contributed by atoms with Crippen molar-refractivity contribution in [3.63, 3.8) is 0 Å². The fourth-order valence-electron chi connectivity index (χ4n) is 3.20. The molecule has 3 nitrogen and oxygen atoms in total. The van der Waals surface area contributed by atoms with Gasteiger partial charge in [-0.1, -0.05) is 56.3 Å². The van der Waals surface area contributed by atoms with Gasteiger partial charge in [0.2, 0.25) is 0 Å². The molecule has 0 spiro atoms. The average Bonchev–Trinajstić information content (AvgIpc) is 2.69. The lowest BCUT2D eigenvalue weighted by Gasteiger charge is -2.35. The van der Waals surface area contributed by atoms with Crippen molar-refractivity contribution in [2.75, 3.05) is 13.7 Å². The molecule has 0 aliphatic heterocycles. The van der Waals surface area contributed by atoms with E-state index in [0.717, 1.165) is 31.6 Å². The Balaban J connectivity index is 2.04. The number of hydrogen-bond acceptors (Lipinski definition) is 3.